The van der Waals surface area contributed by atoms with Crippen LogP contribution in [-0.2, 0) is 16.8 Å². The molecular formula is C22H26N2O4. The first-order valence-electron chi connectivity index (χ1n) is 9.05. The highest BCUT2D eigenvalue weighted by molar-refractivity contribution is 5.95. The lowest BCUT2D eigenvalue weighted by Gasteiger charge is -2.23. The molecule has 2 N–H and O–H groups in total. The fourth-order valence-corrected chi connectivity index (χ4v) is 3.26. The monoisotopic (exact) mass is 382 g/mol. The van der Waals surface area contributed by atoms with E-state index in [1.165, 1.54) is 0 Å². The summed E-state index contributed by atoms with van der Waals surface area (Å²) in [5.41, 5.74) is 2.10. The standard InChI is InChI=1S/C22H26N2O4/c1-22(2,17-13-23-18-8-7-15(26-3)11-16(17)18)21(25)24-12-14-6-9-19(27-4)20(10-14)28-5/h6-11,13,23H,12H2,1-5H3,(H,24,25). The lowest BCUT2D eigenvalue weighted by Crippen LogP contribution is -2.39. The second kappa shape index (κ2) is 7.84. The molecular weight excluding hydrogens is 356 g/mol. The molecule has 1 heterocycles. The molecule has 28 heavy (non-hydrogen) atoms. The summed E-state index contributed by atoms with van der Waals surface area (Å²) >= 11 is 0. The van der Waals surface area contributed by atoms with Crippen molar-refractivity contribution in [3.8, 4) is 17.2 Å². The third-order valence-corrected chi connectivity index (χ3v) is 5.03. The van der Waals surface area contributed by atoms with E-state index in [1.54, 1.807) is 21.3 Å². The maximum Gasteiger partial charge on any atom is 0.230 e. The quantitative estimate of drug-likeness (QED) is 0.652. The summed E-state index contributed by atoms with van der Waals surface area (Å²) in [7, 11) is 4.82. The van der Waals surface area contributed by atoms with Crippen molar-refractivity contribution in [2.75, 3.05) is 21.3 Å². The Morgan fingerprint density at radius 3 is 2.43 bits per heavy atom. The fraction of sp³-hybridized carbons (Fsp3) is 0.318. The van der Waals surface area contributed by atoms with Crippen molar-refractivity contribution in [2.45, 2.75) is 25.8 Å². The molecule has 0 aliphatic carbocycles. The van der Waals surface area contributed by atoms with Crippen LogP contribution in [0, 0.1) is 0 Å². The SMILES string of the molecule is COc1ccc2[nH]cc(C(C)(C)C(=O)NCc3ccc(OC)c(OC)c3)c2c1. The maximum absolute atomic E-state index is 13.0. The molecule has 6 nitrogen and oxygen atoms in total. The molecule has 0 fully saturated rings. The van der Waals surface area contributed by atoms with Gasteiger partial charge in [-0.1, -0.05) is 6.07 Å². The molecule has 0 spiro atoms. The first-order valence-corrected chi connectivity index (χ1v) is 9.05. The topological polar surface area (TPSA) is 72.6 Å². The van der Waals surface area contributed by atoms with Gasteiger partial charge in [-0.3, -0.25) is 4.79 Å². The number of hydrogen-bond acceptors (Lipinski definition) is 4. The summed E-state index contributed by atoms with van der Waals surface area (Å²) in [6.45, 7) is 4.23. The Morgan fingerprint density at radius 1 is 1.00 bits per heavy atom. The zero-order valence-electron chi connectivity index (χ0n) is 16.9. The number of aromatic nitrogens is 1. The molecule has 3 aromatic rings. The number of fused-ring (bicyclic) bond motifs is 1. The number of amides is 1. The minimum atomic E-state index is -0.721. The highest BCUT2D eigenvalue weighted by Crippen LogP contribution is 2.33. The summed E-state index contributed by atoms with van der Waals surface area (Å²) in [6, 6.07) is 11.4. The molecule has 0 saturated carbocycles. The Labute approximate surface area is 164 Å². The number of H-pyrrole nitrogens is 1. The minimum Gasteiger partial charge on any atom is -0.497 e. The number of carbonyl (C=O) groups excluding carboxylic acids is 1. The summed E-state index contributed by atoms with van der Waals surface area (Å²) in [5.74, 6) is 1.99. The van der Waals surface area contributed by atoms with Gasteiger partial charge in [0.25, 0.3) is 0 Å². The molecule has 1 amide bonds. The number of rotatable bonds is 7. The van der Waals surface area contributed by atoms with Crippen LogP contribution in [0.3, 0.4) is 0 Å². The van der Waals surface area contributed by atoms with Crippen LogP contribution in [-0.4, -0.2) is 32.2 Å². The van der Waals surface area contributed by atoms with E-state index in [-0.39, 0.29) is 5.91 Å². The molecule has 0 atom stereocenters. The Hall–Kier alpha value is -3.15. The van der Waals surface area contributed by atoms with Gasteiger partial charge in [-0.15, -0.1) is 0 Å². The fourth-order valence-electron chi connectivity index (χ4n) is 3.26. The van der Waals surface area contributed by atoms with Crippen molar-refractivity contribution in [1.82, 2.24) is 10.3 Å². The largest absolute Gasteiger partial charge is 0.497 e. The predicted octanol–water partition coefficient (Wildman–Crippen LogP) is 3.79. The first-order chi connectivity index (χ1) is 13.4. The lowest BCUT2D eigenvalue weighted by atomic mass is 9.83. The van der Waals surface area contributed by atoms with Crippen LogP contribution in [0.1, 0.15) is 25.0 Å². The normalized spacial score (nSPS) is 11.3. The van der Waals surface area contributed by atoms with Gasteiger partial charge < -0.3 is 24.5 Å². The van der Waals surface area contributed by atoms with Gasteiger partial charge in [0.15, 0.2) is 11.5 Å². The zero-order valence-corrected chi connectivity index (χ0v) is 16.9. The number of benzene rings is 2. The zero-order chi connectivity index (χ0) is 20.3. The molecule has 0 saturated heterocycles. The highest BCUT2D eigenvalue weighted by Gasteiger charge is 2.32. The van der Waals surface area contributed by atoms with Crippen LogP contribution in [0.5, 0.6) is 17.2 Å². The third kappa shape index (κ3) is 3.63. The second-order valence-electron chi connectivity index (χ2n) is 7.11. The first kappa shape index (κ1) is 19.6. The van der Waals surface area contributed by atoms with E-state index in [1.807, 2.05) is 56.4 Å². The smallest absolute Gasteiger partial charge is 0.230 e. The van der Waals surface area contributed by atoms with Gasteiger partial charge in [-0.05, 0) is 55.3 Å². The van der Waals surface area contributed by atoms with Crippen LogP contribution < -0.4 is 19.5 Å². The highest BCUT2D eigenvalue weighted by atomic mass is 16.5. The molecule has 148 valence electrons. The number of nitrogens with one attached hydrogen (secondary N) is 2. The molecule has 0 aliphatic heterocycles. The molecule has 1 aromatic heterocycles. The van der Waals surface area contributed by atoms with Crippen LogP contribution >= 0.6 is 0 Å². The summed E-state index contributed by atoms with van der Waals surface area (Å²) in [6.07, 6.45) is 1.89. The maximum atomic E-state index is 13.0. The number of carbonyl (C=O) groups is 1. The van der Waals surface area contributed by atoms with Gasteiger partial charge >= 0.3 is 0 Å². The van der Waals surface area contributed by atoms with E-state index < -0.39 is 5.41 Å². The van der Waals surface area contributed by atoms with Crippen molar-refractivity contribution >= 4 is 16.8 Å². The van der Waals surface area contributed by atoms with E-state index in [0.29, 0.717) is 18.0 Å². The Morgan fingerprint density at radius 2 is 1.75 bits per heavy atom. The molecule has 2 aromatic carbocycles. The van der Waals surface area contributed by atoms with Crippen molar-refractivity contribution in [2.24, 2.45) is 0 Å². The molecule has 0 bridgehead atoms. The molecule has 0 unspecified atom stereocenters. The average molecular weight is 382 g/mol. The predicted molar refractivity (Wildman–Crippen MR) is 109 cm³/mol. The van der Waals surface area contributed by atoms with Gasteiger partial charge in [0.05, 0.1) is 26.7 Å². The van der Waals surface area contributed by atoms with Crippen LogP contribution in [0.25, 0.3) is 10.9 Å². The third-order valence-electron chi connectivity index (χ3n) is 5.03. The van der Waals surface area contributed by atoms with Crippen LogP contribution in [0.4, 0.5) is 0 Å². The average Bonchev–Trinajstić information content (AvgIpc) is 3.15. The number of hydrogen-bond donors (Lipinski definition) is 2. The van der Waals surface area contributed by atoms with Crippen LogP contribution in [0.15, 0.2) is 42.6 Å². The lowest BCUT2D eigenvalue weighted by molar-refractivity contribution is -0.125. The van der Waals surface area contributed by atoms with E-state index in [9.17, 15) is 4.79 Å². The van der Waals surface area contributed by atoms with E-state index in [4.69, 9.17) is 14.2 Å². The van der Waals surface area contributed by atoms with Gasteiger partial charge in [0.2, 0.25) is 5.91 Å². The summed E-state index contributed by atoms with van der Waals surface area (Å²) in [5, 5.41) is 4.01. The van der Waals surface area contributed by atoms with Crippen molar-refractivity contribution in [3.63, 3.8) is 0 Å². The van der Waals surface area contributed by atoms with Gasteiger partial charge in [0, 0.05) is 23.6 Å². The van der Waals surface area contributed by atoms with E-state index >= 15 is 0 Å². The summed E-state index contributed by atoms with van der Waals surface area (Å²) < 4.78 is 15.9. The van der Waals surface area contributed by atoms with Crippen molar-refractivity contribution in [1.29, 1.82) is 0 Å². The van der Waals surface area contributed by atoms with Gasteiger partial charge in [-0.2, -0.15) is 0 Å². The second-order valence-corrected chi connectivity index (χ2v) is 7.11. The van der Waals surface area contributed by atoms with Crippen molar-refractivity contribution < 1.29 is 19.0 Å². The van der Waals surface area contributed by atoms with E-state index in [2.05, 4.69) is 10.3 Å². The molecule has 6 heteroatoms. The van der Waals surface area contributed by atoms with Gasteiger partial charge in [0.1, 0.15) is 5.75 Å². The number of methoxy groups -OCH3 is 3. The molecule has 0 aliphatic rings. The number of aromatic amines is 1. The molecule has 3 rings (SSSR count). The molecule has 0 radical (unpaired) electrons. The van der Waals surface area contributed by atoms with Gasteiger partial charge in [-0.25, -0.2) is 0 Å². The minimum absolute atomic E-state index is 0.0639. The Bertz CT molecular complexity index is 991. The van der Waals surface area contributed by atoms with Crippen LogP contribution in [0.2, 0.25) is 0 Å². The Kier molecular flexibility index (Phi) is 5.49. The Balaban J connectivity index is 1.80. The number of ether oxygens (including phenoxy) is 3. The van der Waals surface area contributed by atoms with E-state index in [0.717, 1.165) is 27.8 Å². The van der Waals surface area contributed by atoms with Crippen molar-refractivity contribution in [3.05, 3.63) is 53.7 Å². The summed E-state index contributed by atoms with van der Waals surface area (Å²) in [4.78, 5) is 16.2.